The van der Waals surface area contributed by atoms with Crippen LogP contribution in [0.25, 0.3) is 17.5 Å². The van der Waals surface area contributed by atoms with E-state index in [9.17, 15) is 14.4 Å². The third kappa shape index (κ3) is 4.78. The summed E-state index contributed by atoms with van der Waals surface area (Å²) in [4.78, 5) is 39.7. The van der Waals surface area contributed by atoms with Crippen molar-refractivity contribution in [3.8, 4) is 0 Å². The molecule has 4 rings (SSSR count). The Morgan fingerprint density at radius 2 is 1.63 bits per heavy atom. The Morgan fingerprint density at radius 3 is 2.20 bits per heavy atom. The van der Waals surface area contributed by atoms with E-state index in [0.717, 1.165) is 25.8 Å². The molecule has 0 amide bonds. The quantitative estimate of drug-likeness (QED) is 0.441. The molecule has 10 heteroatoms. The molecule has 2 aromatic carbocycles. The van der Waals surface area contributed by atoms with Crippen LogP contribution >= 0.6 is 43.2 Å². The van der Waals surface area contributed by atoms with Gasteiger partial charge in [0.15, 0.2) is 0 Å². The van der Waals surface area contributed by atoms with Crippen molar-refractivity contribution in [1.82, 2.24) is 4.57 Å². The third-order valence-electron chi connectivity index (χ3n) is 5.42. The molecule has 1 aliphatic heterocycles. The highest BCUT2D eigenvalue weighted by Crippen LogP contribution is 2.38. The van der Waals surface area contributed by atoms with Gasteiger partial charge in [-0.15, -0.1) is 11.3 Å². The molecule has 0 bridgehead atoms. The fourth-order valence-corrected chi connectivity index (χ4v) is 5.56. The molecule has 0 radical (unpaired) electrons. The van der Waals surface area contributed by atoms with Gasteiger partial charge in [0.05, 0.1) is 35.3 Å². The maximum Gasteiger partial charge on any atom is 0.338 e. The van der Waals surface area contributed by atoms with Crippen LogP contribution in [0, 0.1) is 0 Å². The van der Waals surface area contributed by atoms with E-state index in [1.807, 2.05) is 24.3 Å². The fourth-order valence-electron chi connectivity index (χ4n) is 3.86. The second-order valence-corrected chi connectivity index (χ2v) is 10.4. The molecule has 7 nitrogen and oxygen atoms in total. The lowest BCUT2D eigenvalue weighted by Gasteiger charge is -2.26. The molecule has 1 aromatic heterocycles. The van der Waals surface area contributed by atoms with E-state index in [2.05, 4.69) is 31.9 Å². The Balaban J connectivity index is 2.10. The molecular formula is C25H20Br2N2O5S. The van der Waals surface area contributed by atoms with Crippen LogP contribution in [0.15, 0.2) is 67.8 Å². The molecule has 0 aliphatic carbocycles. The van der Waals surface area contributed by atoms with Gasteiger partial charge in [0, 0.05) is 8.95 Å². The van der Waals surface area contributed by atoms with E-state index in [1.165, 1.54) is 11.7 Å². The number of fused-ring (bicyclic) bond motifs is 1. The first-order valence-electron chi connectivity index (χ1n) is 10.5. The summed E-state index contributed by atoms with van der Waals surface area (Å²) in [5.74, 6) is -2.33. The summed E-state index contributed by atoms with van der Waals surface area (Å²) in [6.07, 6.45) is 1.71. The van der Waals surface area contributed by atoms with Gasteiger partial charge in [0.25, 0.3) is 5.56 Å². The van der Waals surface area contributed by atoms with Gasteiger partial charge in [0.2, 0.25) is 0 Å². The van der Waals surface area contributed by atoms with E-state index in [1.54, 1.807) is 37.3 Å². The minimum Gasteiger partial charge on any atom is -0.466 e. The zero-order valence-electron chi connectivity index (χ0n) is 18.7. The number of ether oxygens (including phenoxy) is 2. The number of hydrogen-bond donors (Lipinski definition) is 1. The molecule has 0 unspecified atom stereocenters. The van der Waals surface area contributed by atoms with Crippen molar-refractivity contribution in [3.05, 3.63) is 93.7 Å². The number of carbonyl (C=O) groups excluding carboxylic acids is 2. The first-order valence-corrected chi connectivity index (χ1v) is 12.9. The van der Waals surface area contributed by atoms with E-state index in [4.69, 9.17) is 15.2 Å². The number of carbonyl (C=O) groups is 2. The van der Waals surface area contributed by atoms with E-state index in [-0.39, 0.29) is 23.6 Å². The normalized spacial score (nSPS) is 15.7. The minimum atomic E-state index is -0.881. The van der Waals surface area contributed by atoms with Crippen LogP contribution < -0.4 is 20.5 Å². The summed E-state index contributed by atoms with van der Waals surface area (Å²) in [6, 6.07) is 14.6. The largest absolute Gasteiger partial charge is 0.466 e. The zero-order chi connectivity index (χ0) is 25.3. The van der Waals surface area contributed by atoms with Gasteiger partial charge in [0.1, 0.15) is 10.5 Å². The van der Waals surface area contributed by atoms with Crippen LogP contribution in [-0.4, -0.2) is 30.2 Å². The molecule has 0 saturated heterocycles. The summed E-state index contributed by atoms with van der Waals surface area (Å²) in [5.41, 5.74) is 7.60. The molecule has 180 valence electrons. The molecule has 3 aromatic rings. The predicted octanol–water partition coefficient (Wildman–Crippen LogP) is 3.08. The second-order valence-electron chi connectivity index (χ2n) is 7.52. The highest BCUT2D eigenvalue weighted by molar-refractivity contribution is 9.10. The average Bonchev–Trinajstić information content (AvgIpc) is 3.16. The van der Waals surface area contributed by atoms with Crippen molar-refractivity contribution < 1.29 is 19.1 Å². The Labute approximate surface area is 221 Å². The van der Waals surface area contributed by atoms with Crippen LogP contribution in [0.5, 0.6) is 0 Å². The molecule has 35 heavy (non-hydrogen) atoms. The molecular weight excluding hydrogens is 600 g/mol. The lowest BCUT2D eigenvalue weighted by atomic mass is 9.83. The number of hydrogen-bond acceptors (Lipinski definition) is 7. The average molecular weight is 620 g/mol. The fraction of sp³-hybridized carbons (Fsp3) is 0.160. The maximum atomic E-state index is 13.5. The lowest BCUT2D eigenvalue weighted by molar-refractivity contribution is -0.138. The van der Waals surface area contributed by atoms with E-state index >= 15 is 0 Å². The summed E-state index contributed by atoms with van der Waals surface area (Å²) >= 11 is 7.92. The lowest BCUT2D eigenvalue weighted by Crippen LogP contribution is -2.41. The van der Waals surface area contributed by atoms with E-state index in [0.29, 0.717) is 14.8 Å². The van der Waals surface area contributed by atoms with Gasteiger partial charge in [-0.25, -0.2) is 9.59 Å². The topological polar surface area (TPSA) is 101 Å². The summed E-state index contributed by atoms with van der Waals surface area (Å²) in [7, 11) is 1.25. The molecule has 1 aliphatic rings. The standard InChI is InChI=1S/C25H20Br2N2O5S/c1-3-34-25(32)19-18(14-6-10-16(27)11-7-14)20(24(31)33-2)23-29(21(19)28)22(30)17(35-23)12-13-4-8-15(26)9-5-13/h4-12,18H,3,28H2,1-2H3/b17-12+/t18-/m1/s1. The monoisotopic (exact) mass is 618 g/mol. The summed E-state index contributed by atoms with van der Waals surface area (Å²) in [5, 5.41) is 0. The molecule has 2 heterocycles. The van der Waals surface area contributed by atoms with Gasteiger partial charge in [-0.05, 0) is 48.4 Å². The molecule has 0 spiro atoms. The van der Waals surface area contributed by atoms with Crippen LogP contribution in [0.1, 0.15) is 24.0 Å². The van der Waals surface area contributed by atoms with Crippen molar-refractivity contribution in [2.45, 2.75) is 12.8 Å². The van der Waals surface area contributed by atoms with Crippen LogP contribution in [0.4, 0.5) is 0 Å². The van der Waals surface area contributed by atoms with Gasteiger partial charge in [-0.2, -0.15) is 0 Å². The molecule has 0 fully saturated rings. The number of benzene rings is 2. The third-order valence-corrected chi connectivity index (χ3v) is 7.59. The number of halogens is 2. The summed E-state index contributed by atoms with van der Waals surface area (Å²) < 4.78 is 14.0. The Bertz CT molecular complexity index is 1520. The predicted molar refractivity (Wildman–Crippen MR) is 142 cm³/mol. The maximum absolute atomic E-state index is 13.5. The summed E-state index contributed by atoms with van der Waals surface area (Å²) in [6.45, 7) is 1.77. The zero-order valence-corrected chi connectivity index (χ0v) is 22.7. The van der Waals surface area contributed by atoms with Gasteiger partial charge in [-0.3, -0.25) is 9.36 Å². The first kappa shape index (κ1) is 25.2. The van der Waals surface area contributed by atoms with Crippen LogP contribution in [0.3, 0.4) is 0 Å². The SMILES string of the molecule is CCOC(=O)C1=C(N)n2c(s/c(=C/c3ccc(Br)cc3)c2=O)=C(C(=O)OC)[C@@H]1c1ccc(Br)cc1. The highest BCUT2D eigenvalue weighted by Gasteiger charge is 2.39. The number of esters is 2. The highest BCUT2D eigenvalue weighted by atomic mass is 79.9. The van der Waals surface area contributed by atoms with Crippen molar-refractivity contribution in [2.24, 2.45) is 5.73 Å². The smallest absolute Gasteiger partial charge is 0.338 e. The number of methoxy groups -OCH3 is 1. The molecule has 0 saturated carbocycles. The van der Waals surface area contributed by atoms with Crippen molar-refractivity contribution in [1.29, 1.82) is 0 Å². The van der Waals surface area contributed by atoms with Gasteiger partial charge < -0.3 is 15.2 Å². The Hall–Kier alpha value is -2.95. The molecule has 2 N–H and O–H groups in total. The number of aromatic nitrogens is 1. The van der Waals surface area contributed by atoms with Crippen LogP contribution in [-0.2, 0) is 19.1 Å². The van der Waals surface area contributed by atoms with Crippen molar-refractivity contribution in [3.63, 3.8) is 0 Å². The Morgan fingerprint density at radius 1 is 1.03 bits per heavy atom. The number of nitrogens with zero attached hydrogens (tertiary/aromatic N) is 1. The second kappa shape index (κ2) is 10.3. The number of thiazole rings is 1. The van der Waals surface area contributed by atoms with E-state index < -0.39 is 23.4 Å². The minimum absolute atomic E-state index is 0.0113. The number of rotatable bonds is 5. The molecule has 1 atom stereocenters. The first-order chi connectivity index (χ1) is 16.8. The van der Waals surface area contributed by atoms with Crippen LogP contribution in [0.2, 0.25) is 0 Å². The van der Waals surface area contributed by atoms with Gasteiger partial charge in [-0.1, -0.05) is 56.1 Å². The Kier molecular flexibility index (Phi) is 7.44. The van der Waals surface area contributed by atoms with Crippen molar-refractivity contribution in [2.75, 3.05) is 13.7 Å². The van der Waals surface area contributed by atoms with Crippen molar-refractivity contribution >= 4 is 72.6 Å². The van der Waals surface area contributed by atoms with Gasteiger partial charge >= 0.3 is 11.9 Å². The number of nitrogens with two attached hydrogens (primary N) is 1.